The van der Waals surface area contributed by atoms with Crippen molar-refractivity contribution in [1.82, 2.24) is 15.5 Å². The first-order valence-corrected chi connectivity index (χ1v) is 9.10. The second-order valence-corrected chi connectivity index (χ2v) is 6.23. The molecule has 2 aromatic carbocycles. The molecule has 0 aliphatic heterocycles. The van der Waals surface area contributed by atoms with Crippen LogP contribution >= 0.6 is 0 Å². The molecule has 0 saturated carbocycles. The average molecular weight is 413 g/mol. The van der Waals surface area contributed by atoms with E-state index >= 15 is 0 Å². The van der Waals surface area contributed by atoms with Crippen LogP contribution in [-0.4, -0.2) is 44.5 Å². The second-order valence-electron chi connectivity index (χ2n) is 6.23. The molecule has 1 N–H and O–H groups in total. The Hall–Kier alpha value is -3.75. The highest BCUT2D eigenvalue weighted by Crippen LogP contribution is 2.40. The van der Waals surface area contributed by atoms with Crippen molar-refractivity contribution in [2.75, 3.05) is 28.4 Å². The molecule has 0 aliphatic carbocycles. The number of carbonyl (C=O) groups is 1. The molecule has 3 rings (SSSR count). The molecule has 0 aliphatic rings. The molecule has 0 spiro atoms. The van der Waals surface area contributed by atoms with Crippen LogP contribution < -0.4 is 24.3 Å². The van der Waals surface area contributed by atoms with Crippen molar-refractivity contribution in [3.05, 3.63) is 47.9 Å². The lowest BCUT2D eigenvalue weighted by Crippen LogP contribution is -2.24. The third-order valence-electron chi connectivity index (χ3n) is 4.35. The summed E-state index contributed by atoms with van der Waals surface area (Å²) in [6.45, 7) is 0.117. The molecule has 9 nitrogen and oxygen atoms in total. The predicted octanol–water partition coefficient (Wildman–Crippen LogP) is 2.63. The summed E-state index contributed by atoms with van der Waals surface area (Å²) in [4.78, 5) is 16.5. The van der Waals surface area contributed by atoms with Crippen molar-refractivity contribution >= 4 is 5.91 Å². The van der Waals surface area contributed by atoms with E-state index in [1.807, 2.05) is 24.3 Å². The van der Waals surface area contributed by atoms with Gasteiger partial charge in [-0.3, -0.25) is 4.79 Å². The zero-order chi connectivity index (χ0) is 21.5. The molecular weight excluding hydrogens is 390 g/mol. The lowest BCUT2D eigenvalue weighted by atomic mass is 10.1. The number of ether oxygens (including phenoxy) is 4. The maximum atomic E-state index is 12.2. The van der Waals surface area contributed by atoms with E-state index in [0.717, 1.165) is 11.3 Å². The number of hydrogen-bond acceptors (Lipinski definition) is 8. The minimum Gasteiger partial charge on any atom is -0.497 e. The summed E-state index contributed by atoms with van der Waals surface area (Å²) >= 11 is 0. The Morgan fingerprint density at radius 2 is 1.63 bits per heavy atom. The number of nitrogens with zero attached hydrogens (tertiary/aromatic N) is 2. The Morgan fingerprint density at radius 3 is 2.20 bits per heavy atom. The third kappa shape index (κ3) is 4.80. The van der Waals surface area contributed by atoms with Gasteiger partial charge in [0.25, 0.3) is 0 Å². The number of hydrogen-bond donors (Lipinski definition) is 1. The van der Waals surface area contributed by atoms with E-state index in [9.17, 15) is 4.79 Å². The van der Waals surface area contributed by atoms with E-state index in [1.54, 1.807) is 19.2 Å². The predicted molar refractivity (Wildman–Crippen MR) is 108 cm³/mol. The molecule has 0 fully saturated rings. The second kappa shape index (κ2) is 9.64. The first-order valence-electron chi connectivity index (χ1n) is 9.10. The van der Waals surface area contributed by atoms with Crippen molar-refractivity contribution in [1.29, 1.82) is 0 Å². The number of amides is 1. The van der Waals surface area contributed by atoms with E-state index in [0.29, 0.717) is 28.6 Å². The van der Waals surface area contributed by atoms with Crippen LogP contribution in [0.1, 0.15) is 11.5 Å². The van der Waals surface area contributed by atoms with Gasteiger partial charge in [0.15, 0.2) is 11.5 Å². The lowest BCUT2D eigenvalue weighted by Gasteiger charge is -2.12. The van der Waals surface area contributed by atoms with E-state index in [2.05, 4.69) is 15.5 Å². The Balaban J connectivity index is 1.65. The molecule has 0 bridgehead atoms. The molecule has 9 heteroatoms. The smallest absolute Gasteiger partial charge is 0.246 e. The van der Waals surface area contributed by atoms with Crippen molar-refractivity contribution in [3.63, 3.8) is 0 Å². The average Bonchev–Trinajstić information content (AvgIpc) is 3.26. The highest BCUT2D eigenvalue weighted by Gasteiger charge is 2.17. The van der Waals surface area contributed by atoms with Crippen LogP contribution in [0.15, 0.2) is 40.9 Å². The molecule has 1 aromatic heterocycles. The lowest BCUT2D eigenvalue weighted by molar-refractivity contribution is -0.120. The third-order valence-corrected chi connectivity index (χ3v) is 4.35. The van der Waals surface area contributed by atoms with Crippen molar-refractivity contribution < 1.29 is 28.3 Å². The number of benzene rings is 2. The standard InChI is InChI=1S/C21H23N3O6/c1-26-15-7-5-13(6-8-15)9-18(25)22-12-19-23-21(24-30-19)14-10-16(27-2)20(29-4)17(11-14)28-3/h5-8,10-11H,9,12H2,1-4H3,(H,22,25). The highest BCUT2D eigenvalue weighted by atomic mass is 16.5. The number of aromatic nitrogens is 2. The quantitative estimate of drug-likeness (QED) is 0.571. The zero-order valence-corrected chi connectivity index (χ0v) is 17.2. The van der Waals surface area contributed by atoms with Gasteiger partial charge in [0.1, 0.15) is 5.75 Å². The fraction of sp³-hybridized carbons (Fsp3) is 0.286. The Kier molecular flexibility index (Phi) is 6.74. The fourth-order valence-corrected chi connectivity index (χ4v) is 2.82. The monoisotopic (exact) mass is 413 g/mol. The molecule has 158 valence electrons. The number of methoxy groups -OCH3 is 4. The van der Waals surface area contributed by atoms with E-state index < -0.39 is 0 Å². The summed E-state index contributed by atoms with van der Waals surface area (Å²) in [6.07, 6.45) is 0.234. The topological polar surface area (TPSA) is 105 Å². The van der Waals surface area contributed by atoms with Crippen LogP contribution in [0.3, 0.4) is 0 Å². The van der Waals surface area contributed by atoms with Gasteiger partial charge in [0, 0.05) is 5.56 Å². The summed E-state index contributed by atoms with van der Waals surface area (Å²) < 4.78 is 26.4. The minimum absolute atomic E-state index is 0.117. The van der Waals surface area contributed by atoms with Gasteiger partial charge < -0.3 is 28.8 Å². The number of nitrogens with one attached hydrogen (secondary N) is 1. The van der Waals surface area contributed by atoms with Crippen LogP contribution in [-0.2, 0) is 17.8 Å². The normalized spacial score (nSPS) is 10.4. The van der Waals surface area contributed by atoms with Crippen LogP contribution in [0.4, 0.5) is 0 Å². The van der Waals surface area contributed by atoms with Crippen LogP contribution in [0, 0.1) is 0 Å². The van der Waals surface area contributed by atoms with Gasteiger partial charge in [-0.1, -0.05) is 17.3 Å². The van der Waals surface area contributed by atoms with Gasteiger partial charge in [-0.2, -0.15) is 4.98 Å². The van der Waals surface area contributed by atoms with E-state index in [1.165, 1.54) is 21.3 Å². The molecule has 3 aromatic rings. The Labute approximate surface area is 173 Å². The summed E-state index contributed by atoms with van der Waals surface area (Å²) in [7, 11) is 6.18. The molecule has 30 heavy (non-hydrogen) atoms. The van der Waals surface area contributed by atoms with Gasteiger partial charge >= 0.3 is 0 Å². The van der Waals surface area contributed by atoms with Gasteiger partial charge in [-0.25, -0.2) is 0 Å². The number of carbonyl (C=O) groups excluding carboxylic acids is 1. The number of rotatable bonds is 9. The zero-order valence-electron chi connectivity index (χ0n) is 17.2. The van der Waals surface area contributed by atoms with E-state index in [-0.39, 0.29) is 24.8 Å². The maximum absolute atomic E-state index is 12.2. The van der Waals surface area contributed by atoms with Crippen molar-refractivity contribution in [2.24, 2.45) is 0 Å². The summed E-state index contributed by atoms with van der Waals surface area (Å²) in [5.74, 6) is 2.63. The van der Waals surface area contributed by atoms with E-state index in [4.69, 9.17) is 23.5 Å². The van der Waals surface area contributed by atoms with Crippen LogP contribution in [0.25, 0.3) is 11.4 Å². The SMILES string of the molecule is COc1ccc(CC(=O)NCc2nc(-c3cc(OC)c(OC)c(OC)c3)no2)cc1. The Morgan fingerprint density at radius 1 is 0.967 bits per heavy atom. The molecular formula is C21H23N3O6. The van der Waals surface area contributed by atoms with Gasteiger partial charge in [-0.15, -0.1) is 0 Å². The van der Waals surface area contributed by atoms with Gasteiger partial charge in [0.2, 0.25) is 23.4 Å². The molecule has 0 radical (unpaired) electrons. The molecule has 1 heterocycles. The van der Waals surface area contributed by atoms with Crippen LogP contribution in [0.2, 0.25) is 0 Å². The van der Waals surface area contributed by atoms with Gasteiger partial charge in [-0.05, 0) is 29.8 Å². The summed E-state index contributed by atoms with van der Waals surface area (Å²) in [5, 5.41) is 6.74. The maximum Gasteiger partial charge on any atom is 0.246 e. The summed E-state index contributed by atoms with van der Waals surface area (Å²) in [5.41, 5.74) is 1.50. The largest absolute Gasteiger partial charge is 0.497 e. The fourth-order valence-electron chi connectivity index (χ4n) is 2.82. The molecule has 1 amide bonds. The molecule has 0 atom stereocenters. The minimum atomic E-state index is -0.160. The first kappa shape index (κ1) is 21.0. The van der Waals surface area contributed by atoms with Gasteiger partial charge in [0.05, 0.1) is 41.4 Å². The highest BCUT2D eigenvalue weighted by molar-refractivity contribution is 5.78. The Bertz CT molecular complexity index is 975. The van der Waals surface area contributed by atoms with Crippen molar-refractivity contribution in [3.8, 4) is 34.4 Å². The summed E-state index contributed by atoms with van der Waals surface area (Å²) in [6, 6.07) is 10.7. The first-order chi connectivity index (χ1) is 14.6. The van der Waals surface area contributed by atoms with Crippen LogP contribution in [0.5, 0.6) is 23.0 Å². The molecule has 0 saturated heterocycles. The van der Waals surface area contributed by atoms with Crippen molar-refractivity contribution in [2.45, 2.75) is 13.0 Å². The molecule has 0 unspecified atom stereocenters.